The smallest absolute Gasteiger partial charge is 0.303 e. The first-order valence-corrected chi connectivity index (χ1v) is 9.17. The number of hydrogen-bond donors (Lipinski definition) is 1. The van der Waals surface area contributed by atoms with Gasteiger partial charge >= 0.3 is 5.97 Å². The highest BCUT2D eigenvalue weighted by Gasteiger charge is 2.33. The molecule has 1 heterocycles. The number of carboxylic acid groups (broad SMARTS) is 1. The van der Waals surface area contributed by atoms with Gasteiger partial charge in [-0.15, -0.1) is 0 Å². The van der Waals surface area contributed by atoms with E-state index in [1.807, 2.05) is 55.5 Å². The molecule has 0 radical (unpaired) electrons. The number of halogens is 1. The summed E-state index contributed by atoms with van der Waals surface area (Å²) in [4.78, 5) is 23.4. The molecule has 1 aliphatic rings. The lowest BCUT2D eigenvalue weighted by Crippen LogP contribution is -2.27. The number of carbonyl (C=O) groups is 2. The quantitative estimate of drug-likeness (QED) is 0.792. The van der Waals surface area contributed by atoms with Crippen molar-refractivity contribution in [1.29, 1.82) is 0 Å². The molecule has 6 heteroatoms. The van der Waals surface area contributed by atoms with Gasteiger partial charge in [0.05, 0.1) is 18.2 Å². The highest BCUT2D eigenvalue weighted by atomic mass is 79.9. The zero-order chi connectivity index (χ0) is 18.7. The molecule has 0 aliphatic carbocycles. The first-order valence-electron chi connectivity index (χ1n) is 8.38. The monoisotopic (exact) mass is 414 g/mol. The predicted octanol–water partition coefficient (Wildman–Crippen LogP) is 4.30. The van der Waals surface area contributed by atoms with Crippen LogP contribution in [0.4, 0.5) is 0 Å². The van der Waals surface area contributed by atoms with Crippen LogP contribution >= 0.6 is 15.9 Å². The molecule has 1 amide bonds. The molecule has 134 valence electrons. The molecule has 0 saturated heterocycles. The molecule has 0 aromatic heterocycles. The van der Waals surface area contributed by atoms with Gasteiger partial charge in [-0.25, -0.2) is 5.01 Å². The van der Waals surface area contributed by atoms with E-state index in [2.05, 4.69) is 21.0 Å². The topological polar surface area (TPSA) is 70.0 Å². The van der Waals surface area contributed by atoms with Crippen molar-refractivity contribution in [3.05, 3.63) is 69.7 Å². The van der Waals surface area contributed by atoms with Gasteiger partial charge in [0.1, 0.15) is 0 Å². The fraction of sp³-hybridized carbons (Fsp3) is 0.250. The van der Waals surface area contributed by atoms with Crippen LogP contribution < -0.4 is 0 Å². The highest BCUT2D eigenvalue weighted by molar-refractivity contribution is 9.10. The summed E-state index contributed by atoms with van der Waals surface area (Å²) in [5.74, 6) is -1.26. The molecule has 0 spiro atoms. The Bertz CT molecular complexity index is 844. The van der Waals surface area contributed by atoms with E-state index in [0.29, 0.717) is 6.42 Å². The van der Waals surface area contributed by atoms with Crippen LogP contribution in [0, 0.1) is 6.92 Å². The van der Waals surface area contributed by atoms with Gasteiger partial charge in [0.2, 0.25) is 5.91 Å². The maximum absolute atomic E-state index is 12.6. The Kier molecular flexibility index (Phi) is 5.52. The Balaban J connectivity index is 1.89. The minimum Gasteiger partial charge on any atom is -0.481 e. The SMILES string of the molecule is Cc1ccc(C2=NN(C(=O)CCC(=O)O)[C@@H](c3ccc(Br)cc3)C2)cc1. The summed E-state index contributed by atoms with van der Waals surface area (Å²) >= 11 is 3.42. The second-order valence-corrected chi connectivity index (χ2v) is 7.23. The summed E-state index contributed by atoms with van der Waals surface area (Å²) in [5.41, 5.74) is 3.95. The molecule has 1 aliphatic heterocycles. The second kappa shape index (κ2) is 7.83. The van der Waals surface area contributed by atoms with Gasteiger partial charge in [0.25, 0.3) is 0 Å². The normalized spacial score (nSPS) is 16.5. The maximum Gasteiger partial charge on any atom is 0.303 e. The number of hydrogen-bond acceptors (Lipinski definition) is 3. The van der Waals surface area contributed by atoms with Crippen LogP contribution in [-0.2, 0) is 9.59 Å². The Labute approximate surface area is 160 Å². The molecule has 26 heavy (non-hydrogen) atoms. The van der Waals surface area contributed by atoms with E-state index in [9.17, 15) is 9.59 Å². The molecule has 0 fully saturated rings. The van der Waals surface area contributed by atoms with Crippen molar-refractivity contribution in [1.82, 2.24) is 5.01 Å². The zero-order valence-corrected chi connectivity index (χ0v) is 15.9. The van der Waals surface area contributed by atoms with Crippen LogP contribution in [-0.4, -0.2) is 27.7 Å². The average molecular weight is 415 g/mol. The summed E-state index contributed by atoms with van der Waals surface area (Å²) in [6, 6.07) is 15.6. The molecule has 0 bridgehead atoms. The minimum atomic E-state index is -0.986. The first kappa shape index (κ1) is 18.3. The van der Waals surface area contributed by atoms with Gasteiger partial charge in [-0.3, -0.25) is 9.59 Å². The summed E-state index contributed by atoms with van der Waals surface area (Å²) in [6.07, 6.45) is 0.342. The van der Waals surface area contributed by atoms with E-state index < -0.39 is 5.97 Å². The fourth-order valence-electron chi connectivity index (χ4n) is 2.93. The number of nitrogens with zero attached hydrogens (tertiary/aromatic N) is 2. The fourth-order valence-corrected chi connectivity index (χ4v) is 3.20. The van der Waals surface area contributed by atoms with E-state index in [1.54, 1.807) is 0 Å². The number of aliphatic carboxylic acids is 1. The van der Waals surface area contributed by atoms with Crippen molar-refractivity contribution in [3.8, 4) is 0 Å². The number of hydrazone groups is 1. The predicted molar refractivity (Wildman–Crippen MR) is 103 cm³/mol. The number of rotatable bonds is 5. The van der Waals surface area contributed by atoms with Crippen molar-refractivity contribution in [2.75, 3.05) is 0 Å². The van der Waals surface area contributed by atoms with Crippen molar-refractivity contribution >= 4 is 33.5 Å². The van der Waals surface area contributed by atoms with Crippen molar-refractivity contribution in [2.24, 2.45) is 5.10 Å². The second-order valence-electron chi connectivity index (χ2n) is 6.32. The van der Waals surface area contributed by atoms with E-state index in [-0.39, 0.29) is 24.8 Å². The van der Waals surface area contributed by atoms with E-state index in [4.69, 9.17) is 5.11 Å². The van der Waals surface area contributed by atoms with E-state index >= 15 is 0 Å². The number of amides is 1. The summed E-state index contributed by atoms with van der Waals surface area (Å²) in [7, 11) is 0. The van der Waals surface area contributed by atoms with Crippen molar-refractivity contribution in [2.45, 2.75) is 32.2 Å². The molecule has 0 unspecified atom stereocenters. The largest absolute Gasteiger partial charge is 0.481 e. The van der Waals surface area contributed by atoms with Gasteiger partial charge in [-0.1, -0.05) is 57.9 Å². The molecule has 5 nitrogen and oxygen atoms in total. The lowest BCUT2D eigenvalue weighted by atomic mass is 9.98. The number of carboxylic acids is 1. The average Bonchev–Trinajstić information content (AvgIpc) is 3.06. The van der Waals surface area contributed by atoms with Gasteiger partial charge in [0.15, 0.2) is 0 Å². The van der Waals surface area contributed by atoms with Crippen LogP contribution in [0.3, 0.4) is 0 Å². The van der Waals surface area contributed by atoms with Gasteiger partial charge < -0.3 is 5.11 Å². The van der Waals surface area contributed by atoms with Crippen LogP contribution in [0.1, 0.15) is 42.0 Å². The number of carbonyl (C=O) groups excluding carboxylic acids is 1. The first-order chi connectivity index (χ1) is 12.4. The maximum atomic E-state index is 12.6. The Morgan fingerprint density at radius 1 is 1.12 bits per heavy atom. The molecule has 2 aromatic carbocycles. The third-order valence-corrected chi connectivity index (χ3v) is 4.89. The van der Waals surface area contributed by atoms with Crippen LogP contribution in [0.5, 0.6) is 0 Å². The Morgan fingerprint density at radius 3 is 2.38 bits per heavy atom. The molecular formula is C20H19BrN2O3. The number of benzene rings is 2. The van der Waals surface area contributed by atoms with Gasteiger partial charge in [-0.05, 0) is 30.2 Å². The van der Waals surface area contributed by atoms with Gasteiger partial charge in [0, 0.05) is 17.3 Å². The van der Waals surface area contributed by atoms with Crippen molar-refractivity contribution < 1.29 is 14.7 Å². The summed E-state index contributed by atoms with van der Waals surface area (Å²) in [5, 5.41) is 14.9. The highest BCUT2D eigenvalue weighted by Crippen LogP contribution is 2.34. The van der Waals surface area contributed by atoms with Gasteiger partial charge in [-0.2, -0.15) is 5.10 Å². The van der Waals surface area contributed by atoms with E-state index in [0.717, 1.165) is 26.9 Å². The minimum absolute atomic E-state index is 0.0625. The van der Waals surface area contributed by atoms with Crippen LogP contribution in [0.25, 0.3) is 0 Å². The van der Waals surface area contributed by atoms with Crippen LogP contribution in [0.15, 0.2) is 58.1 Å². The molecule has 0 saturated carbocycles. The summed E-state index contributed by atoms with van der Waals surface area (Å²) in [6.45, 7) is 2.02. The van der Waals surface area contributed by atoms with Crippen LogP contribution in [0.2, 0.25) is 0 Å². The zero-order valence-electron chi connectivity index (χ0n) is 14.4. The van der Waals surface area contributed by atoms with E-state index in [1.165, 1.54) is 5.01 Å². The molecular weight excluding hydrogens is 396 g/mol. The standard InChI is InChI=1S/C20H19BrN2O3/c1-13-2-4-14(5-3-13)17-12-18(15-6-8-16(21)9-7-15)23(22-17)19(24)10-11-20(25)26/h2-9,18H,10-12H2,1H3,(H,25,26)/t18-/m1/s1. The molecule has 1 atom stereocenters. The Morgan fingerprint density at radius 2 is 1.77 bits per heavy atom. The molecule has 2 aromatic rings. The third-order valence-electron chi connectivity index (χ3n) is 4.36. The summed E-state index contributed by atoms with van der Waals surface area (Å²) < 4.78 is 0.961. The lowest BCUT2D eigenvalue weighted by Gasteiger charge is -2.22. The lowest BCUT2D eigenvalue weighted by molar-refractivity contribution is -0.141. The Hall–Kier alpha value is -2.47. The molecule has 3 rings (SSSR count). The number of aryl methyl sites for hydroxylation is 1. The van der Waals surface area contributed by atoms with Crippen molar-refractivity contribution in [3.63, 3.8) is 0 Å². The molecule has 1 N–H and O–H groups in total. The third kappa shape index (κ3) is 4.19.